The molecule has 0 amide bonds. The molecule has 0 bridgehead atoms. The molecule has 2 aromatic rings. The molecule has 0 N–H and O–H groups in total. The van der Waals surface area contributed by atoms with Crippen molar-refractivity contribution in [1.29, 1.82) is 0 Å². The summed E-state index contributed by atoms with van der Waals surface area (Å²) in [4.78, 5) is 13.0. The third kappa shape index (κ3) is 3.73. The van der Waals surface area contributed by atoms with Gasteiger partial charge in [0.05, 0.1) is 9.82 Å². The SMILES string of the molecule is CS(=O)(=O)c1ccc(N(Cc2cccc([N+](=O)[O-])c2)C2CC2)cc1. The van der Waals surface area contributed by atoms with Crippen LogP contribution in [0.4, 0.5) is 11.4 Å². The van der Waals surface area contributed by atoms with Gasteiger partial charge in [-0.2, -0.15) is 0 Å². The van der Waals surface area contributed by atoms with Crippen molar-refractivity contribution in [3.05, 3.63) is 64.2 Å². The van der Waals surface area contributed by atoms with Gasteiger partial charge in [-0.15, -0.1) is 0 Å². The molecule has 1 aliphatic rings. The second kappa shape index (κ2) is 6.24. The number of nitro benzene ring substituents is 1. The molecule has 0 unspecified atom stereocenters. The summed E-state index contributed by atoms with van der Waals surface area (Å²) in [6.07, 6.45) is 3.33. The van der Waals surface area contributed by atoms with E-state index in [1.165, 1.54) is 12.3 Å². The van der Waals surface area contributed by atoms with E-state index in [1.54, 1.807) is 36.4 Å². The van der Waals surface area contributed by atoms with Gasteiger partial charge in [0.25, 0.3) is 5.69 Å². The van der Waals surface area contributed by atoms with Crippen LogP contribution < -0.4 is 4.90 Å². The Kier molecular flexibility index (Phi) is 4.28. The minimum atomic E-state index is -3.22. The summed E-state index contributed by atoms with van der Waals surface area (Å²) in [6, 6.07) is 13.8. The minimum absolute atomic E-state index is 0.0793. The van der Waals surface area contributed by atoms with E-state index in [2.05, 4.69) is 4.90 Å². The standard InChI is InChI=1S/C17H18N2O4S/c1-24(22,23)17-9-7-15(8-10-17)18(14-5-6-14)12-13-3-2-4-16(11-13)19(20)21/h2-4,7-11,14H,5-6,12H2,1H3. The highest BCUT2D eigenvalue weighted by atomic mass is 32.2. The predicted molar refractivity (Wildman–Crippen MR) is 91.9 cm³/mol. The Labute approximate surface area is 140 Å². The van der Waals surface area contributed by atoms with Crippen molar-refractivity contribution < 1.29 is 13.3 Å². The van der Waals surface area contributed by atoms with Gasteiger partial charge < -0.3 is 4.90 Å². The van der Waals surface area contributed by atoms with Crippen molar-refractivity contribution in [3.8, 4) is 0 Å². The predicted octanol–water partition coefficient (Wildman–Crippen LogP) is 3.17. The van der Waals surface area contributed by atoms with Crippen molar-refractivity contribution in [2.45, 2.75) is 30.3 Å². The number of sulfone groups is 1. The Bertz CT molecular complexity index is 858. The molecule has 7 heteroatoms. The van der Waals surface area contributed by atoms with E-state index in [0.717, 1.165) is 24.1 Å². The van der Waals surface area contributed by atoms with Gasteiger partial charge in [-0.1, -0.05) is 12.1 Å². The molecule has 126 valence electrons. The van der Waals surface area contributed by atoms with Crippen LogP contribution in [0.5, 0.6) is 0 Å². The minimum Gasteiger partial charge on any atom is -0.364 e. The number of nitro groups is 1. The average molecular weight is 346 g/mol. The fourth-order valence-electron chi connectivity index (χ4n) is 2.67. The molecule has 0 aliphatic heterocycles. The molecule has 0 spiro atoms. The second-order valence-electron chi connectivity index (χ2n) is 6.05. The highest BCUT2D eigenvalue weighted by Gasteiger charge is 2.29. The van der Waals surface area contributed by atoms with Gasteiger partial charge in [-0.05, 0) is 42.7 Å². The topological polar surface area (TPSA) is 80.5 Å². The molecule has 0 aromatic heterocycles. The first-order chi connectivity index (χ1) is 11.3. The van der Waals surface area contributed by atoms with E-state index in [1.807, 2.05) is 6.07 Å². The van der Waals surface area contributed by atoms with Crippen LogP contribution in [0.2, 0.25) is 0 Å². The number of anilines is 1. The van der Waals surface area contributed by atoms with Crippen molar-refractivity contribution >= 4 is 21.2 Å². The molecule has 0 atom stereocenters. The van der Waals surface area contributed by atoms with Crippen LogP contribution in [0.3, 0.4) is 0 Å². The molecule has 24 heavy (non-hydrogen) atoms. The van der Waals surface area contributed by atoms with Gasteiger partial charge in [0, 0.05) is 36.7 Å². The number of non-ortho nitro benzene ring substituents is 1. The summed E-state index contributed by atoms with van der Waals surface area (Å²) in [5.74, 6) is 0. The highest BCUT2D eigenvalue weighted by molar-refractivity contribution is 7.90. The van der Waals surface area contributed by atoms with Gasteiger partial charge in [-0.3, -0.25) is 10.1 Å². The summed E-state index contributed by atoms with van der Waals surface area (Å²) in [7, 11) is -3.22. The van der Waals surface area contributed by atoms with Crippen LogP contribution >= 0.6 is 0 Å². The van der Waals surface area contributed by atoms with Crippen LogP contribution in [0, 0.1) is 10.1 Å². The summed E-state index contributed by atoms with van der Waals surface area (Å²) in [5, 5.41) is 10.9. The van der Waals surface area contributed by atoms with Gasteiger partial charge in [0.15, 0.2) is 9.84 Å². The number of rotatable bonds is 6. The lowest BCUT2D eigenvalue weighted by molar-refractivity contribution is -0.384. The van der Waals surface area contributed by atoms with Crippen molar-refractivity contribution in [2.24, 2.45) is 0 Å². The van der Waals surface area contributed by atoms with Gasteiger partial charge >= 0.3 is 0 Å². The lowest BCUT2D eigenvalue weighted by atomic mass is 10.1. The molecular formula is C17H18N2O4S. The zero-order valence-corrected chi connectivity index (χ0v) is 14.1. The fraction of sp³-hybridized carbons (Fsp3) is 0.294. The third-order valence-corrected chi connectivity index (χ3v) is 5.19. The van der Waals surface area contributed by atoms with Crippen molar-refractivity contribution in [1.82, 2.24) is 0 Å². The first-order valence-electron chi connectivity index (χ1n) is 7.65. The van der Waals surface area contributed by atoms with Crippen LogP contribution in [-0.2, 0) is 16.4 Å². The monoisotopic (exact) mass is 346 g/mol. The van der Waals surface area contributed by atoms with E-state index >= 15 is 0 Å². The maximum atomic E-state index is 11.6. The van der Waals surface area contributed by atoms with Gasteiger partial charge in [-0.25, -0.2) is 8.42 Å². The van der Waals surface area contributed by atoms with Crippen LogP contribution in [0.25, 0.3) is 0 Å². The Morgan fingerprint density at radius 3 is 2.38 bits per heavy atom. The van der Waals surface area contributed by atoms with E-state index < -0.39 is 14.8 Å². The first-order valence-corrected chi connectivity index (χ1v) is 9.54. The largest absolute Gasteiger partial charge is 0.364 e. The third-order valence-electron chi connectivity index (χ3n) is 4.06. The highest BCUT2D eigenvalue weighted by Crippen LogP contribution is 2.33. The second-order valence-corrected chi connectivity index (χ2v) is 8.07. The lowest BCUT2D eigenvalue weighted by Crippen LogP contribution is -2.25. The molecule has 0 radical (unpaired) electrons. The van der Waals surface area contributed by atoms with Crippen LogP contribution in [0.1, 0.15) is 18.4 Å². The molecule has 6 nitrogen and oxygen atoms in total. The fourth-order valence-corrected chi connectivity index (χ4v) is 3.30. The maximum Gasteiger partial charge on any atom is 0.269 e. The summed E-state index contributed by atoms with van der Waals surface area (Å²) in [5.41, 5.74) is 1.87. The number of nitrogens with zero attached hydrogens (tertiary/aromatic N) is 2. The van der Waals surface area contributed by atoms with E-state index in [4.69, 9.17) is 0 Å². The molecule has 0 heterocycles. The Balaban J connectivity index is 1.86. The zero-order valence-electron chi connectivity index (χ0n) is 13.3. The Hall–Kier alpha value is -2.41. The van der Waals surface area contributed by atoms with E-state index in [-0.39, 0.29) is 10.6 Å². The van der Waals surface area contributed by atoms with Gasteiger partial charge in [0.2, 0.25) is 0 Å². The van der Waals surface area contributed by atoms with E-state index in [9.17, 15) is 18.5 Å². The maximum absolute atomic E-state index is 11.6. The zero-order chi connectivity index (χ0) is 17.3. The number of benzene rings is 2. The first kappa shape index (κ1) is 16.4. The van der Waals surface area contributed by atoms with Crippen LogP contribution in [0.15, 0.2) is 53.4 Å². The Morgan fingerprint density at radius 1 is 1.17 bits per heavy atom. The molecule has 0 saturated heterocycles. The van der Waals surface area contributed by atoms with E-state index in [0.29, 0.717) is 12.6 Å². The molecule has 2 aromatic carbocycles. The summed E-state index contributed by atoms with van der Waals surface area (Å²) in [6.45, 7) is 0.560. The molecule has 1 saturated carbocycles. The quantitative estimate of drug-likeness (QED) is 0.593. The summed E-state index contributed by atoms with van der Waals surface area (Å²) >= 11 is 0. The molecule has 3 rings (SSSR count). The summed E-state index contributed by atoms with van der Waals surface area (Å²) < 4.78 is 23.2. The smallest absolute Gasteiger partial charge is 0.269 e. The number of hydrogen-bond donors (Lipinski definition) is 0. The van der Waals surface area contributed by atoms with Crippen molar-refractivity contribution in [3.63, 3.8) is 0 Å². The van der Waals surface area contributed by atoms with Crippen LogP contribution in [-0.4, -0.2) is 25.6 Å². The molecular weight excluding hydrogens is 328 g/mol. The molecule has 1 fully saturated rings. The van der Waals surface area contributed by atoms with Crippen molar-refractivity contribution in [2.75, 3.05) is 11.2 Å². The number of hydrogen-bond acceptors (Lipinski definition) is 5. The Morgan fingerprint density at radius 2 is 1.83 bits per heavy atom. The normalized spacial score (nSPS) is 14.4. The van der Waals surface area contributed by atoms with Gasteiger partial charge in [0.1, 0.15) is 0 Å². The lowest BCUT2D eigenvalue weighted by Gasteiger charge is -2.25. The molecule has 1 aliphatic carbocycles. The average Bonchev–Trinajstić information content (AvgIpc) is 3.37.